The Morgan fingerprint density at radius 2 is 2.25 bits per heavy atom. The molecule has 0 bridgehead atoms. The predicted molar refractivity (Wildman–Crippen MR) is 83.4 cm³/mol. The van der Waals surface area contributed by atoms with Crippen LogP contribution in [0.3, 0.4) is 0 Å². The molecule has 0 spiro atoms. The van der Waals surface area contributed by atoms with Crippen molar-refractivity contribution >= 4 is 23.1 Å². The van der Waals surface area contributed by atoms with Gasteiger partial charge in [-0.05, 0) is 36.9 Å². The maximum atomic E-state index is 12.2. The molecule has 0 saturated heterocycles. The highest BCUT2D eigenvalue weighted by Crippen LogP contribution is 2.11. The van der Waals surface area contributed by atoms with Crippen LogP contribution in [0, 0.1) is 0 Å². The Hall–Kier alpha value is -1.88. The summed E-state index contributed by atoms with van der Waals surface area (Å²) in [5.74, 6) is 0.808. The molecular weight excluding hydrogens is 270 g/mol. The average Bonchev–Trinajstić information content (AvgIpc) is 2.98. The lowest BCUT2D eigenvalue weighted by atomic mass is 10.2. The molecule has 2 heterocycles. The fraction of sp³-hybridized carbons (Fsp3) is 0.333. The monoisotopic (exact) mass is 289 g/mol. The molecule has 4 nitrogen and oxygen atoms in total. The zero-order valence-corrected chi connectivity index (χ0v) is 12.6. The van der Waals surface area contributed by atoms with Gasteiger partial charge in [0.05, 0.1) is 5.56 Å². The van der Waals surface area contributed by atoms with E-state index in [0.29, 0.717) is 12.1 Å². The lowest BCUT2D eigenvalue weighted by Crippen LogP contribution is -2.28. The van der Waals surface area contributed by atoms with Crippen molar-refractivity contribution in [3.05, 3.63) is 46.3 Å². The lowest BCUT2D eigenvalue weighted by Gasteiger charge is -2.16. The zero-order chi connectivity index (χ0) is 14.4. The SMILES string of the molecule is CCNc1ccc(C(=O)N(C)CCc2cccs2)cn1. The molecular formula is C15H19N3OS. The molecule has 0 aliphatic carbocycles. The molecule has 0 atom stereocenters. The largest absolute Gasteiger partial charge is 0.370 e. The van der Waals surface area contributed by atoms with Crippen LogP contribution in [0.2, 0.25) is 0 Å². The van der Waals surface area contributed by atoms with E-state index in [2.05, 4.69) is 21.7 Å². The Morgan fingerprint density at radius 3 is 2.85 bits per heavy atom. The third-order valence-electron chi connectivity index (χ3n) is 2.99. The van der Waals surface area contributed by atoms with Gasteiger partial charge in [-0.25, -0.2) is 4.98 Å². The van der Waals surface area contributed by atoms with Gasteiger partial charge < -0.3 is 10.2 Å². The number of thiophene rings is 1. The van der Waals surface area contributed by atoms with E-state index in [1.807, 2.05) is 32.2 Å². The first kappa shape index (κ1) is 14.5. The molecule has 0 radical (unpaired) electrons. The first-order valence-corrected chi connectivity index (χ1v) is 7.56. The second-order valence-electron chi connectivity index (χ2n) is 4.52. The summed E-state index contributed by atoms with van der Waals surface area (Å²) in [7, 11) is 1.83. The third-order valence-corrected chi connectivity index (χ3v) is 3.92. The first-order valence-electron chi connectivity index (χ1n) is 6.68. The van der Waals surface area contributed by atoms with Crippen molar-refractivity contribution in [3.8, 4) is 0 Å². The zero-order valence-electron chi connectivity index (χ0n) is 11.8. The number of pyridine rings is 1. The number of carbonyl (C=O) groups is 1. The molecule has 0 aliphatic rings. The summed E-state index contributed by atoms with van der Waals surface area (Å²) in [6.45, 7) is 3.55. The number of carbonyl (C=O) groups excluding carboxylic acids is 1. The van der Waals surface area contributed by atoms with E-state index in [9.17, 15) is 4.79 Å². The van der Waals surface area contributed by atoms with Gasteiger partial charge in [0.15, 0.2) is 0 Å². The molecule has 0 fully saturated rings. The molecule has 0 aliphatic heterocycles. The van der Waals surface area contributed by atoms with Crippen molar-refractivity contribution < 1.29 is 4.79 Å². The van der Waals surface area contributed by atoms with Gasteiger partial charge in [0.1, 0.15) is 5.82 Å². The number of hydrogen-bond acceptors (Lipinski definition) is 4. The quantitative estimate of drug-likeness (QED) is 0.889. The minimum Gasteiger partial charge on any atom is -0.370 e. The van der Waals surface area contributed by atoms with Crippen LogP contribution in [0.4, 0.5) is 5.82 Å². The number of amides is 1. The molecule has 0 saturated carbocycles. The Morgan fingerprint density at radius 1 is 1.40 bits per heavy atom. The van der Waals surface area contributed by atoms with Gasteiger partial charge in [0, 0.05) is 31.2 Å². The number of likely N-dealkylation sites (N-methyl/N-ethyl adjacent to an activating group) is 1. The second-order valence-corrected chi connectivity index (χ2v) is 5.55. The molecule has 2 aromatic rings. The van der Waals surface area contributed by atoms with E-state index in [1.54, 1.807) is 22.4 Å². The number of anilines is 1. The molecule has 1 amide bonds. The number of nitrogens with one attached hydrogen (secondary N) is 1. The lowest BCUT2D eigenvalue weighted by molar-refractivity contribution is 0.0796. The highest BCUT2D eigenvalue weighted by atomic mass is 32.1. The summed E-state index contributed by atoms with van der Waals surface area (Å²) in [5.41, 5.74) is 0.625. The van der Waals surface area contributed by atoms with E-state index in [-0.39, 0.29) is 5.91 Å². The van der Waals surface area contributed by atoms with Gasteiger partial charge in [-0.15, -0.1) is 11.3 Å². The van der Waals surface area contributed by atoms with Gasteiger partial charge in [-0.2, -0.15) is 0 Å². The van der Waals surface area contributed by atoms with Crippen LogP contribution < -0.4 is 5.32 Å². The van der Waals surface area contributed by atoms with Crippen molar-refractivity contribution in [3.63, 3.8) is 0 Å². The topological polar surface area (TPSA) is 45.2 Å². The van der Waals surface area contributed by atoms with Crippen LogP contribution in [0.15, 0.2) is 35.8 Å². The standard InChI is InChI=1S/C15H19N3OS/c1-3-16-14-7-6-12(11-17-14)15(19)18(2)9-8-13-5-4-10-20-13/h4-7,10-11H,3,8-9H2,1-2H3,(H,16,17). The van der Waals surface area contributed by atoms with E-state index in [1.165, 1.54) is 4.88 Å². The van der Waals surface area contributed by atoms with Crippen LogP contribution >= 0.6 is 11.3 Å². The molecule has 2 aromatic heterocycles. The molecule has 0 aromatic carbocycles. The smallest absolute Gasteiger partial charge is 0.255 e. The fourth-order valence-corrected chi connectivity index (χ4v) is 2.56. The summed E-state index contributed by atoms with van der Waals surface area (Å²) in [6, 6.07) is 7.78. The van der Waals surface area contributed by atoms with Crippen molar-refractivity contribution in [1.29, 1.82) is 0 Å². The number of nitrogens with zero attached hydrogens (tertiary/aromatic N) is 2. The summed E-state index contributed by atoms with van der Waals surface area (Å²) >= 11 is 1.72. The minimum atomic E-state index is 0.0112. The van der Waals surface area contributed by atoms with Gasteiger partial charge in [0.2, 0.25) is 0 Å². The number of aromatic nitrogens is 1. The fourth-order valence-electron chi connectivity index (χ4n) is 1.86. The normalized spacial score (nSPS) is 10.3. The molecule has 106 valence electrons. The average molecular weight is 289 g/mol. The van der Waals surface area contributed by atoms with Gasteiger partial charge >= 0.3 is 0 Å². The Balaban J connectivity index is 1.92. The molecule has 2 rings (SSSR count). The third kappa shape index (κ3) is 3.81. The van der Waals surface area contributed by atoms with Crippen molar-refractivity contribution in [2.75, 3.05) is 25.5 Å². The maximum Gasteiger partial charge on any atom is 0.255 e. The Kier molecular flexibility index (Phi) is 5.12. The summed E-state index contributed by atoms with van der Waals surface area (Å²) in [5, 5.41) is 5.17. The van der Waals surface area contributed by atoms with E-state index < -0.39 is 0 Å². The van der Waals surface area contributed by atoms with Crippen LogP contribution in [0.1, 0.15) is 22.2 Å². The minimum absolute atomic E-state index is 0.0112. The Bertz CT molecular complexity index is 537. The maximum absolute atomic E-state index is 12.2. The van der Waals surface area contributed by atoms with Gasteiger partial charge in [0.25, 0.3) is 5.91 Å². The number of hydrogen-bond donors (Lipinski definition) is 1. The van der Waals surface area contributed by atoms with Gasteiger partial charge in [-0.3, -0.25) is 4.79 Å². The van der Waals surface area contributed by atoms with Crippen molar-refractivity contribution in [2.45, 2.75) is 13.3 Å². The second kappa shape index (κ2) is 7.05. The number of rotatable bonds is 6. The van der Waals surface area contributed by atoms with Crippen molar-refractivity contribution in [2.24, 2.45) is 0 Å². The summed E-state index contributed by atoms with van der Waals surface area (Å²) in [6.07, 6.45) is 2.52. The summed E-state index contributed by atoms with van der Waals surface area (Å²) in [4.78, 5) is 19.5. The van der Waals surface area contributed by atoms with Crippen molar-refractivity contribution in [1.82, 2.24) is 9.88 Å². The van der Waals surface area contributed by atoms with Crippen LogP contribution in [-0.2, 0) is 6.42 Å². The van der Waals surface area contributed by atoms with Gasteiger partial charge in [-0.1, -0.05) is 6.07 Å². The molecule has 0 unspecified atom stereocenters. The molecule has 20 heavy (non-hydrogen) atoms. The molecule has 5 heteroatoms. The van der Waals surface area contributed by atoms with Crippen LogP contribution in [-0.4, -0.2) is 35.9 Å². The van der Waals surface area contributed by atoms with Crippen LogP contribution in [0.25, 0.3) is 0 Å². The Labute approximate surface area is 123 Å². The van der Waals surface area contributed by atoms with E-state index in [0.717, 1.165) is 18.8 Å². The van der Waals surface area contributed by atoms with E-state index in [4.69, 9.17) is 0 Å². The van der Waals surface area contributed by atoms with E-state index >= 15 is 0 Å². The highest BCUT2D eigenvalue weighted by Gasteiger charge is 2.12. The van der Waals surface area contributed by atoms with Crippen LogP contribution in [0.5, 0.6) is 0 Å². The molecule has 1 N–H and O–H groups in total. The first-order chi connectivity index (χ1) is 9.70. The summed E-state index contributed by atoms with van der Waals surface area (Å²) < 4.78 is 0. The predicted octanol–water partition coefficient (Wildman–Crippen LogP) is 2.89. The highest BCUT2D eigenvalue weighted by molar-refractivity contribution is 7.09.